The lowest BCUT2D eigenvalue weighted by Gasteiger charge is -2.10. The average Bonchev–Trinajstić information content (AvgIpc) is 2.77. The maximum Gasteiger partial charge on any atom is 0.387 e. The molecule has 0 aliphatic heterocycles. The van der Waals surface area contributed by atoms with Crippen LogP contribution in [0.5, 0.6) is 5.75 Å². The van der Waals surface area contributed by atoms with Crippen LogP contribution in [0.4, 0.5) is 8.78 Å². The van der Waals surface area contributed by atoms with Crippen molar-refractivity contribution in [2.24, 2.45) is 0 Å². The predicted molar refractivity (Wildman–Crippen MR) is 63.3 cm³/mol. The Kier molecular flexibility index (Phi) is 3.57. The Balaban J connectivity index is 2.50. The summed E-state index contributed by atoms with van der Waals surface area (Å²) >= 11 is 1.19. The first-order valence-electron chi connectivity index (χ1n) is 4.93. The Labute approximate surface area is 105 Å². The second kappa shape index (κ2) is 5.14. The fourth-order valence-electron chi connectivity index (χ4n) is 1.56. The molecule has 0 atom stereocenters. The number of benzene rings is 1. The molecule has 0 saturated carbocycles. The molecule has 0 amide bonds. The molecule has 6 heteroatoms. The third-order valence-electron chi connectivity index (χ3n) is 2.29. The van der Waals surface area contributed by atoms with E-state index in [1.165, 1.54) is 22.8 Å². The normalized spacial score (nSPS) is 10.6. The highest BCUT2D eigenvalue weighted by molar-refractivity contribution is 7.08. The van der Waals surface area contributed by atoms with E-state index in [2.05, 4.69) is 4.74 Å². The molecule has 0 radical (unpaired) electrons. The van der Waals surface area contributed by atoms with Gasteiger partial charge in [0, 0.05) is 16.5 Å². The van der Waals surface area contributed by atoms with Gasteiger partial charge in [0.1, 0.15) is 5.75 Å². The number of thiophene rings is 1. The zero-order chi connectivity index (χ0) is 13.1. The molecule has 94 valence electrons. The Hall–Kier alpha value is -1.95. The maximum absolute atomic E-state index is 12.3. The molecule has 3 nitrogen and oxygen atoms in total. The molecule has 0 aliphatic rings. The van der Waals surface area contributed by atoms with Crippen LogP contribution >= 0.6 is 11.3 Å². The van der Waals surface area contributed by atoms with Crippen LogP contribution in [0.2, 0.25) is 0 Å². The summed E-state index contributed by atoms with van der Waals surface area (Å²) in [6.45, 7) is -2.95. The van der Waals surface area contributed by atoms with Crippen molar-refractivity contribution in [1.82, 2.24) is 0 Å². The number of carbonyl (C=O) groups is 1. The summed E-state index contributed by atoms with van der Waals surface area (Å²) in [5.41, 5.74) is 0.797. The van der Waals surface area contributed by atoms with E-state index >= 15 is 0 Å². The van der Waals surface area contributed by atoms with Crippen LogP contribution in [0.15, 0.2) is 35.0 Å². The molecular formula is C12H8F2O3S. The monoisotopic (exact) mass is 270 g/mol. The van der Waals surface area contributed by atoms with Crippen LogP contribution in [0.1, 0.15) is 10.4 Å². The molecule has 0 aliphatic carbocycles. The summed E-state index contributed by atoms with van der Waals surface area (Å²) in [7, 11) is 0. The van der Waals surface area contributed by atoms with Crippen LogP contribution in [-0.2, 0) is 0 Å². The lowest BCUT2D eigenvalue weighted by atomic mass is 10.0. The quantitative estimate of drug-likeness (QED) is 0.921. The topological polar surface area (TPSA) is 46.5 Å². The number of halogens is 2. The number of hydrogen-bond acceptors (Lipinski definition) is 3. The third kappa shape index (κ3) is 2.48. The first kappa shape index (κ1) is 12.5. The van der Waals surface area contributed by atoms with Gasteiger partial charge in [-0.15, -0.1) is 0 Å². The van der Waals surface area contributed by atoms with E-state index in [9.17, 15) is 13.6 Å². The first-order chi connectivity index (χ1) is 8.59. The van der Waals surface area contributed by atoms with Gasteiger partial charge in [-0.05, 0) is 11.4 Å². The highest BCUT2D eigenvalue weighted by Gasteiger charge is 2.17. The number of para-hydroxylation sites is 1. The molecule has 1 N–H and O–H groups in total. The number of rotatable bonds is 4. The molecule has 1 aromatic heterocycles. The minimum Gasteiger partial charge on any atom is -0.478 e. The Morgan fingerprint density at radius 1 is 1.22 bits per heavy atom. The van der Waals surface area contributed by atoms with E-state index in [1.54, 1.807) is 23.6 Å². The smallest absolute Gasteiger partial charge is 0.387 e. The van der Waals surface area contributed by atoms with Crippen molar-refractivity contribution in [3.05, 3.63) is 40.6 Å². The lowest BCUT2D eigenvalue weighted by Crippen LogP contribution is -2.04. The van der Waals surface area contributed by atoms with Gasteiger partial charge in [0.2, 0.25) is 0 Å². The van der Waals surface area contributed by atoms with Crippen molar-refractivity contribution in [1.29, 1.82) is 0 Å². The maximum atomic E-state index is 12.3. The Bertz CT molecular complexity index is 566. The second-order valence-electron chi connectivity index (χ2n) is 3.38. The van der Waals surface area contributed by atoms with E-state index in [0.717, 1.165) is 0 Å². The molecule has 18 heavy (non-hydrogen) atoms. The lowest BCUT2D eigenvalue weighted by molar-refractivity contribution is -0.0494. The van der Waals surface area contributed by atoms with Gasteiger partial charge in [0.25, 0.3) is 0 Å². The number of alkyl halides is 2. The van der Waals surface area contributed by atoms with Crippen LogP contribution in [0, 0.1) is 0 Å². The van der Waals surface area contributed by atoms with Crippen LogP contribution < -0.4 is 4.74 Å². The summed E-state index contributed by atoms with van der Waals surface area (Å²) in [6.07, 6.45) is 0. The molecule has 2 aromatic rings. The number of carboxylic acids is 1. The van der Waals surface area contributed by atoms with Crippen LogP contribution in [0.3, 0.4) is 0 Å². The average molecular weight is 270 g/mol. The van der Waals surface area contributed by atoms with Gasteiger partial charge in [0.05, 0.1) is 5.56 Å². The SMILES string of the molecule is O=C(O)c1cscc1-c1ccccc1OC(F)F. The molecule has 0 saturated heterocycles. The molecule has 0 spiro atoms. The third-order valence-corrected chi connectivity index (χ3v) is 3.03. The van der Waals surface area contributed by atoms with Gasteiger partial charge >= 0.3 is 12.6 Å². The summed E-state index contributed by atoms with van der Waals surface area (Å²) in [4.78, 5) is 11.0. The number of aromatic carboxylic acids is 1. The summed E-state index contributed by atoms with van der Waals surface area (Å²) in [5, 5.41) is 12.1. The van der Waals surface area contributed by atoms with Gasteiger partial charge in [-0.25, -0.2) is 4.79 Å². The standard InChI is InChI=1S/C12H8F2O3S/c13-12(14)17-10-4-2-1-3-7(10)8-5-18-6-9(8)11(15)16/h1-6,12H,(H,15,16). The van der Waals surface area contributed by atoms with Gasteiger partial charge < -0.3 is 9.84 Å². The van der Waals surface area contributed by atoms with Crippen molar-refractivity contribution in [3.63, 3.8) is 0 Å². The van der Waals surface area contributed by atoms with E-state index in [0.29, 0.717) is 11.1 Å². The zero-order valence-corrected chi connectivity index (χ0v) is 9.79. The van der Waals surface area contributed by atoms with Crippen LogP contribution in [-0.4, -0.2) is 17.7 Å². The molecule has 0 fully saturated rings. The number of ether oxygens (including phenoxy) is 1. The van der Waals surface area contributed by atoms with Gasteiger partial charge in [-0.3, -0.25) is 0 Å². The zero-order valence-electron chi connectivity index (χ0n) is 8.97. The van der Waals surface area contributed by atoms with Crippen molar-refractivity contribution < 1.29 is 23.4 Å². The fourth-order valence-corrected chi connectivity index (χ4v) is 2.38. The number of carboxylic acid groups (broad SMARTS) is 1. The van der Waals surface area contributed by atoms with Gasteiger partial charge in [-0.2, -0.15) is 20.1 Å². The fraction of sp³-hybridized carbons (Fsp3) is 0.0833. The molecule has 1 heterocycles. The van der Waals surface area contributed by atoms with E-state index in [1.807, 2.05) is 0 Å². The summed E-state index contributed by atoms with van der Waals surface area (Å²) < 4.78 is 28.9. The molecule has 2 rings (SSSR count). The van der Waals surface area contributed by atoms with E-state index in [-0.39, 0.29) is 11.3 Å². The molecule has 0 unspecified atom stereocenters. The Morgan fingerprint density at radius 3 is 2.61 bits per heavy atom. The van der Waals surface area contributed by atoms with Gasteiger partial charge in [-0.1, -0.05) is 18.2 Å². The van der Waals surface area contributed by atoms with Crippen molar-refractivity contribution in [2.45, 2.75) is 6.61 Å². The molecular weight excluding hydrogens is 262 g/mol. The largest absolute Gasteiger partial charge is 0.478 e. The highest BCUT2D eigenvalue weighted by atomic mass is 32.1. The molecule has 1 aromatic carbocycles. The summed E-state index contributed by atoms with van der Waals surface area (Å²) in [5.74, 6) is -1.13. The highest BCUT2D eigenvalue weighted by Crippen LogP contribution is 2.35. The van der Waals surface area contributed by atoms with Crippen molar-refractivity contribution in [2.75, 3.05) is 0 Å². The molecule has 0 bridgehead atoms. The van der Waals surface area contributed by atoms with E-state index < -0.39 is 12.6 Å². The number of hydrogen-bond donors (Lipinski definition) is 1. The summed E-state index contributed by atoms with van der Waals surface area (Å²) in [6, 6.07) is 6.11. The van der Waals surface area contributed by atoms with Crippen LogP contribution in [0.25, 0.3) is 11.1 Å². The van der Waals surface area contributed by atoms with Crippen molar-refractivity contribution >= 4 is 17.3 Å². The predicted octanol–water partition coefficient (Wildman–Crippen LogP) is 3.71. The second-order valence-corrected chi connectivity index (χ2v) is 4.12. The van der Waals surface area contributed by atoms with Crippen molar-refractivity contribution in [3.8, 4) is 16.9 Å². The van der Waals surface area contributed by atoms with Gasteiger partial charge in [0.15, 0.2) is 0 Å². The minimum atomic E-state index is -2.95. The Morgan fingerprint density at radius 2 is 1.94 bits per heavy atom. The van der Waals surface area contributed by atoms with E-state index in [4.69, 9.17) is 5.11 Å². The first-order valence-corrected chi connectivity index (χ1v) is 5.87. The minimum absolute atomic E-state index is 0.0339.